The molecule has 13 nitrogen and oxygen atoms in total. The number of nitrogens with one attached hydrogen (secondary N) is 3. The Hall–Kier alpha value is -3.25. The van der Waals surface area contributed by atoms with E-state index in [1.165, 1.54) is 7.11 Å². The summed E-state index contributed by atoms with van der Waals surface area (Å²) in [6.07, 6.45) is 6.22. The van der Waals surface area contributed by atoms with Gasteiger partial charge < -0.3 is 25.9 Å². The van der Waals surface area contributed by atoms with Crippen molar-refractivity contribution in [3.8, 4) is 0 Å². The van der Waals surface area contributed by atoms with Crippen molar-refractivity contribution in [2.24, 2.45) is 16.6 Å². The van der Waals surface area contributed by atoms with E-state index in [-0.39, 0.29) is 43.1 Å². The molecule has 0 unspecified atom stereocenters. The normalized spacial score (nSPS) is 13.0. The van der Waals surface area contributed by atoms with Crippen LogP contribution in [-0.2, 0) is 23.9 Å². The van der Waals surface area contributed by atoms with Crippen molar-refractivity contribution in [3.63, 3.8) is 0 Å². The molecule has 2 atom stereocenters. The zero-order chi connectivity index (χ0) is 26.6. The summed E-state index contributed by atoms with van der Waals surface area (Å²) in [5, 5.41) is 14.9. The second-order valence-corrected chi connectivity index (χ2v) is 8.62. The fraction of sp³-hybridized carbons (Fsp3) is 0.773. The van der Waals surface area contributed by atoms with E-state index in [2.05, 4.69) is 20.4 Å². The van der Waals surface area contributed by atoms with Gasteiger partial charge in [-0.2, -0.15) is 0 Å². The minimum absolute atomic E-state index is 0.112. The number of unbranched alkanes of at least 4 members (excludes halogenated alkanes) is 4. The highest BCUT2D eigenvalue weighted by molar-refractivity contribution is 5.89. The molecule has 35 heavy (non-hydrogen) atoms. The molecule has 0 spiro atoms. The minimum atomic E-state index is -0.878. The molecule has 200 valence electrons. The van der Waals surface area contributed by atoms with Crippen LogP contribution in [0, 0.1) is 16.0 Å². The molecule has 0 aromatic rings. The van der Waals surface area contributed by atoms with Gasteiger partial charge in [-0.25, -0.2) is 15.1 Å². The van der Waals surface area contributed by atoms with Crippen LogP contribution in [0.5, 0.6) is 0 Å². The zero-order valence-corrected chi connectivity index (χ0v) is 20.9. The molecule has 0 saturated heterocycles. The Morgan fingerprint density at radius 3 is 2.26 bits per heavy atom. The van der Waals surface area contributed by atoms with Gasteiger partial charge in [-0.15, -0.1) is 0 Å². The summed E-state index contributed by atoms with van der Waals surface area (Å²) < 4.78 is 4.59. The molecule has 0 aliphatic rings. The monoisotopic (exact) mass is 500 g/mol. The lowest BCUT2D eigenvalue weighted by atomic mass is 10.0. The molecule has 0 fully saturated rings. The van der Waals surface area contributed by atoms with Crippen LogP contribution in [0.15, 0.2) is 4.99 Å². The van der Waals surface area contributed by atoms with E-state index in [0.29, 0.717) is 32.0 Å². The number of esters is 1. The second-order valence-electron chi connectivity index (χ2n) is 8.62. The molecular weight excluding hydrogens is 460 g/mol. The van der Waals surface area contributed by atoms with Crippen LogP contribution in [0.1, 0.15) is 78.1 Å². The number of nitrogens with two attached hydrogens (primary N) is 1. The van der Waals surface area contributed by atoms with Gasteiger partial charge in [0.1, 0.15) is 12.3 Å². The van der Waals surface area contributed by atoms with Gasteiger partial charge in [0, 0.05) is 19.4 Å². The highest BCUT2D eigenvalue weighted by Gasteiger charge is 2.23. The highest BCUT2D eigenvalue weighted by Crippen LogP contribution is 2.09. The highest BCUT2D eigenvalue weighted by atomic mass is 16.7. The Morgan fingerprint density at radius 1 is 1.06 bits per heavy atom. The van der Waals surface area contributed by atoms with Gasteiger partial charge in [-0.05, 0) is 38.0 Å². The van der Waals surface area contributed by atoms with E-state index in [0.717, 1.165) is 25.7 Å². The number of aldehydes is 1. The number of hydrogen-bond donors (Lipinski definition) is 4. The lowest BCUT2D eigenvalue weighted by molar-refractivity contribution is -0.525. The van der Waals surface area contributed by atoms with E-state index < -0.39 is 23.0 Å². The van der Waals surface area contributed by atoms with E-state index in [9.17, 15) is 29.3 Å². The van der Waals surface area contributed by atoms with Gasteiger partial charge in [-0.3, -0.25) is 14.4 Å². The fourth-order valence-corrected chi connectivity index (χ4v) is 3.29. The summed E-state index contributed by atoms with van der Waals surface area (Å²) in [5.41, 5.74) is 7.10. The third-order valence-corrected chi connectivity index (χ3v) is 5.02. The quantitative estimate of drug-likeness (QED) is 0.0380. The topological polar surface area (TPSA) is 195 Å². The maximum absolute atomic E-state index is 12.7. The van der Waals surface area contributed by atoms with Crippen molar-refractivity contribution in [3.05, 3.63) is 10.1 Å². The Bertz CT molecular complexity index is 714. The van der Waals surface area contributed by atoms with E-state index in [1.54, 1.807) is 5.43 Å². The molecule has 0 aromatic carbocycles. The first kappa shape index (κ1) is 31.8. The average Bonchev–Trinajstić information content (AvgIpc) is 2.78. The lowest BCUT2D eigenvalue weighted by Crippen LogP contribution is -2.50. The molecule has 2 amide bonds. The predicted octanol–water partition coefficient (Wildman–Crippen LogP) is 0.981. The van der Waals surface area contributed by atoms with Gasteiger partial charge in [0.2, 0.25) is 11.8 Å². The zero-order valence-electron chi connectivity index (χ0n) is 20.9. The van der Waals surface area contributed by atoms with Gasteiger partial charge in [0.25, 0.3) is 5.96 Å². The molecule has 0 aromatic heterocycles. The summed E-state index contributed by atoms with van der Waals surface area (Å²) in [7, 11) is 1.36. The standard InChI is InChI=1S/C22H40N6O7/c1-16(2)14-17(15-29)25-21(32)18(10-9-13-24-22(23)27-28(33)34)26-19(30)11-7-5-4-6-8-12-20(31)35-3/h15-18H,4-14H2,1-3H3,(H,25,32)(H,26,30)(H3,23,24,27)/t17-,18-/m0/s1. The molecule has 13 heteroatoms. The number of nitrogens with zero attached hydrogens (tertiary/aromatic N) is 2. The van der Waals surface area contributed by atoms with Crippen LogP contribution in [0.25, 0.3) is 0 Å². The first-order chi connectivity index (χ1) is 16.6. The number of nitro groups is 1. The average molecular weight is 501 g/mol. The number of rotatable bonds is 19. The third-order valence-electron chi connectivity index (χ3n) is 5.02. The van der Waals surface area contributed by atoms with Gasteiger partial charge in [0.05, 0.1) is 13.2 Å². The van der Waals surface area contributed by atoms with Crippen molar-refractivity contribution in [1.29, 1.82) is 0 Å². The summed E-state index contributed by atoms with van der Waals surface area (Å²) >= 11 is 0. The number of guanidine groups is 1. The van der Waals surface area contributed by atoms with Gasteiger partial charge >= 0.3 is 5.97 Å². The predicted molar refractivity (Wildman–Crippen MR) is 130 cm³/mol. The molecule has 0 saturated carbocycles. The third kappa shape index (κ3) is 17.8. The van der Waals surface area contributed by atoms with Crippen molar-refractivity contribution < 1.29 is 28.9 Å². The number of ether oxygens (including phenoxy) is 1. The second kappa shape index (κ2) is 19.1. The number of aliphatic imine (C=N–C) groups is 1. The smallest absolute Gasteiger partial charge is 0.305 e. The summed E-state index contributed by atoms with van der Waals surface area (Å²) in [6.45, 7) is 3.97. The summed E-state index contributed by atoms with van der Waals surface area (Å²) in [4.78, 5) is 61.7. The van der Waals surface area contributed by atoms with Crippen molar-refractivity contribution in [1.82, 2.24) is 16.1 Å². The number of hydrazine groups is 1. The van der Waals surface area contributed by atoms with Crippen LogP contribution in [0.3, 0.4) is 0 Å². The van der Waals surface area contributed by atoms with E-state index >= 15 is 0 Å². The van der Waals surface area contributed by atoms with Crippen molar-refractivity contribution in [2.75, 3.05) is 13.7 Å². The van der Waals surface area contributed by atoms with Crippen molar-refractivity contribution in [2.45, 2.75) is 90.1 Å². The SMILES string of the molecule is COC(=O)CCCCCCCC(=O)N[C@@H](CCCN=C(N)N[N+](=O)[O-])C(=O)N[C@H](C=O)CC(C)C. The molecule has 0 bridgehead atoms. The molecular formula is C22H40N6O7. The number of methoxy groups -OCH3 is 1. The maximum atomic E-state index is 12.7. The van der Waals surface area contributed by atoms with Gasteiger partial charge in [0.15, 0.2) is 5.03 Å². The van der Waals surface area contributed by atoms with Crippen molar-refractivity contribution >= 4 is 30.0 Å². The Labute approximate surface area is 206 Å². The number of carbonyl (C=O) groups excluding carboxylic acids is 4. The van der Waals surface area contributed by atoms with Crippen LogP contribution in [-0.4, -0.2) is 60.8 Å². The first-order valence-corrected chi connectivity index (χ1v) is 11.9. The van der Waals surface area contributed by atoms with Crippen LogP contribution >= 0.6 is 0 Å². The lowest BCUT2D eigenvalue weighted by Gasteiger charge is -2.21. The Kier molecular flexibility index (Phi) is 17.3. The largest absolute Gasteiger partial charge is 0.469 e. The Balaban J connectivity index is 4.71. The summed E-state index contributed by atoms with van der Waals surface area (Å²) in [6, 6.07) is -1.54. The molecule has 0 radical (unpaired) electrons. The van der Waals surface area contributed by atoms with E-state index in [4.69, 9.17) is 5.73 Å². The maximum Gasteiger partial charge on any atom is 0.305 e. The van der Waals surface area contributed by atoms with Crippen LogP contribution in [0.4, 0.5) is 0 Å². The molecule has 0 aliphatic heterocycles. The summed E-state index contributed by atoms with van der Waals surface area (Å²) in [5.74, 6) is -1.16. The molecule has 0 heterocycles. The Morgan fingerprint density at radius 2 is 1.69 bits per heavy atom. The molecule has 0 aliphatic carbocycles. The number of hydrogen-bond acceptors (Lipinski definition) is 8. The molecule has 5 N–H and O–H groups in total. The fourth-order valence-electron chi connectivity index (χ4n) is 3.29. The van der Waals surface area contributed by atoms with Gasteiger partial charge in [-0.1, -0.05) is 38.5 Å². The van der Waals surface area contributed by atoms with Crippen LogP contribution in [0.2, 0.25) is 0 Å². The number of carbonyl (C=O) groups is 4. The molecule has 0 rings (SSSR count). The van der Waals surface area contributed by atoms with Crippen LogP contribution < -0.4 is 21.8 Å². The minimum Gasteiger partial charge on any atom is -0.469 e. The number of amides is 2. The van der Waals surface area contributed by atoms with E-state index in [1.807, 2.05) is 13.8 Å². The first-order valence-electron chi connectivity index (χ1n) is 11.9.